The van der Waals surface area contributed by atoms with E-state index < -0.39 is 17.6 Å². The molecule has 1 aromatic heterocycles. The lowest BCUT2D eigenvalue weighted by molar-refractivity contribution is -0.116. The fourth-order valence-corrected chi connectivity index (χ4v) is 4.54. The molecule has 0 spiro atoms. The van der Waals surface area contributed by atoms with Gasteiger partial charge in [-0.1, -0.05) is 12.0 Å². The van der Waals surface area contributed by atoms with Gasteiger partial charge in [-0.3, -0.25) is 9.69 Å². The molecule has 0 bridgehead atoms. The first kappa shape index (κ1) is 17.5. The van der Waals surface area contributed by atoms with Crippen LogP contribution in [0.5, 0.6) is 0 Å². The van der Waals surface area contributed by atoms with Crippen molar-refractivity contribution < 1.29 is 13.6 Å². The maximum atomic E-state index is 14.5. The van der Waals surface area contributed by atoms with E-state index in [1.807, 2.05) is 16.8 Å². The van der Waals surface area contributed by atoms with Gasteiger partial charge in [-0.05, 0) is 47.4 Å². The van der Waals surface area contributed by atoms with Crippen LogP contribution in [0.2, 0.25) is 0 Å². The molecule has 1 aliphatic carbocycles. The lowest BCUT2D eigenvalue weighted by Gasteiger charge is -2.40. The van der Waals surface area contributed by atoms with Crippen molar-refractivity contribution in [3.63, 3.8) is 0 Å². The summed E-state index contributed by atoms with van der Waals surface area (Å²) in [6, 6.07) is 5.51. The van der Waals surface area contributed by atoms with Crippen LogP contribution < -0.4 is 10.6 Å². The Hall–Kier alpha value is -2.91. The summed E-state index contributed by atoms with van der Waals surface area (Å²) in [6.45, 7) is 0. The van der Waals surface area contributed by atoms with Gasteiger partial charge in [0, 0.05) is 17.7 Å². The van der Waals surface area contributed by atoms with Gasteiger partial charge in [0.15, 0.2) is 5.78 Å². The van der Waals surface area contributed by atoms with Gasteiger partial charge in [0.25, 0.3) is 0 Å². The van der Waals surface area contributed by atoms with Crippen LogP contribution in [0.4, 0.5) is 14.5 Å². The number of carbonyl (C=O) groups is 1. The molecule has 1 aromatic carbocycles. The largest absolute Gasteiger partial charge is 0.384 e. The number of allylic oxidation sites excluding steroid dienone is 3. The number of rotatable bonds is 2. The Morgan fingerprint density at radius 3 is 2.59 bits per heavy atom. The smallest absolute Gasteiger partial charge is 0.161 e. The van der Waals surface area contributed by atoms with Crippen molar-refractivity contribution in [2.24, 2.45) is 5.73 Å². The van der Waals surface area contributed by atoms with Crippen molar-refractivity contribution in [2.45, 2.75) is 25.2 Å². The van der Waals surface area contributed by atoms with E-state index in [2.05, 4.69) is 5.92 Å². The summed E-state index contributed by atoms with van der Waals surface area (Å²) in [5, 5.41) is 3.82. The second-order valence-electron chi connectivity index (χ2n) is 6.48. The number of terminal acetylenes is 1. The van der Waals surface area contributed by atoms with E-state index in [1.165, 1.54) is 22.3 Å². The molecular weight excluding hydrogens is 366 g/mol. The van der Waals surface area contributed by atoms with Crippen LogP contribution in [-0.2, 0) is 4.79 Å². The van der Waals surface area contributed by atoms with Crippen molar-refractivity contribution in [3.05, 3.63) is 74.9 Å². The topological polar surface area (TPSA) is 46.3 Å². The number of hydrogen-bond donors (Lipinski definition) is 1. The summed E-state index contributed by atoms with van der Waals surface area (Å²) in [6.07, 6.45) is 7.21. The van der Waals surface area contributed by atoms with Crippen LogP contribution in [-0.4, -0.2) is 5.78 Å². The summed E-state index contributed by atoms with van der Waals surface area (Å²) in [5.41, 5.74) is 8.28. The van der Waals surface area contributed by atoms with Gasteiger partial charge >= 0.3 is 0 Å². The molecule has 136 valence electrons. The zero-order valence-electron chi connectivity index (χ0n) is 14.3. The molecule has 1 aliphatic heterocycles. The molecule has 2 heterocycles. The van der Waals surface area contributed by atoms with E-state index in [1.54, 1.807) is 0 Å². The van der Waals surface area contributed by atoms with Crippen LogP contribution in [0.15, 0.2) is 57.7 Å². The van der Waals surface area contributed by atoms with Crippen LogP contribution in [0.3, 0.4) is 0 Å². The summed E-state index contributed by atoms with van der Waals surface area (Å²) in [7, 11) is 0. The molecule has 6 heteroatoms. The Bertz CT molecular complexity index is 1010. The highest BCUT2D eigenvalue weighted by Gasteiger charge is 2.41. The number of ketones is 1. The van der Waals surface area contributed by atoms with Gasteiger partial charge < -0.3 is 5.73 Å². The second-order valence-corrected chi connectivity index (χ2v) is 7.26. The minimum absolute atomic E-state index is 0.0607. The molecule has 0 radical (unpaired) electrons. The van der Waals surface area contributed by atoms with Crippen molar-refractivity contribution >= 4 is 22.8 Å². The third kappa shape index (κ3) is 2.66. The number of carbonyl (C=O) groups excluding carboxylic acids is 1. The molecule has 0 amide bonds. The number of nitrogens with two attached hydrogens (primary N) is 1. The quantitative estimate of drug-likeness (QED) is 0.781. The van der Waals surface area contributed by atoms with E-state index in [0.29, 0.717) is 36.1 Å². The van der Waals surface area contributed by atoms with Crippen LogP contribution in [0.1, 0.15) is 30.7 Å². The van der Waals surface area contributed by atoms with E-state index in [0.717, 1.165) is 17.7 Å². The predicted molar refractivity (Wildman–Crippen MR) is 102 cm³/mol. The zero-order chi connectivity index (χ0) is 19.1. The summed E-state index contributed by atoms with van der Waals surface area (Å²) in [4.78, 5) is 14.1. The monoisotopic (exact) mass is 382 g/mol. The van der Waals surface area contributed by atoms with Crippen molar-refractivity contribution in [1.29, 1.82) is 0 Å². The standard InChI is InChI=1S/C21H16F2N2OS/c1-2-13-18(12-9-10-27-11-12)19-16(7-4-8-17(19)26)25(21(13)24)20-14(22)5-3-6-15(20)23/h1,3,5-6,9-11,18H,4,7-8,24H2. The number of benzene rings is 1. The molecule has 2 aliphatic rings. The number of anilines is 1. The minimum Gasteiger partial charge on any atom is -0.384 e. The van der Waals surface area contributed by atoms with Crippen LogP contribution in [0, 0.1) is 24.0 Å². The van der Waals surface area contributed by atoms with Gasteiger partial charge in [-0.2, -0.15) is 11.3 Å². The Kier molecular flexibility index (Phi) is 4.33. The molecule has 0 fully saturated rings. The van der Waals surface area contributed by atoms with E-state index in [4.69, 9.17) is 12.2 Å². The third-order valence-electron chi connectivity index (χ3n) is 4.99. The zero-order valence-corrected chi connectivity index (χ0v) is 15.2. The van der Waals surface area contributed by atoms with Crippen LogP contribution >= 0.6 is 11.3 Å². The number of hydrogen-bond acceptors (Lipinski definition) is 4. The maximum Gasteiger partial charge on any atom is 0.161 e. The first-order valence-electron chi connectivity index (χ1n) is 8.53. The summed E-state index contributed by atoms with van der Waals surface area (Å²) < 4.78 is 29.1. The molecule has 1 unspecified atom stereocenters. The fraction of sp³-hybridized carbons (Fsp3) is 0.190. The van der Waals surface area contributed by atoms with Crippen molar-refractivity contribution in [3.8, 4) is 12.3 Å². The van der Waals surface area contributed by atoms with E-state index >= 15 is 0 Å². The number of para-hydroxylation sites is 1. The Morgan fingerprint density at radius 2 is 1.96 bits per heavy atom. The number of nitrogens with zero attached hydrogens (tertiary/aromatic N) is 1. The second kappa shape index (κ2) is 6.67. The molecule has 0 saturated heterocycles. The predicted octanol–water partition coefficient (Wildman–Crippen LogP) is 4.44. The van der Waals surface area contributed by atoms with Crippen molar-refractivity contribution in [2.75, 3.05) is 4.90 Å². The molecule has 1 atom stereocenters. The van der Waals surface area contributed by atoms with Gasteiger partial charge in [0.05, 0.1) is 11.5 Å². The maximum absolute atomic E-state index is 14.5. The molecule has 27 heavy (non-hydrogen) atoms. The molecule has 2 N–H and O–H groups in total. The van der Waals surface area contributed by atoms with Gasteiger partial charge in [0.2, 0.25) is 0 Å². The SMILES string of the molecule is C#CC1=C(N)N(c2c(F)cccc2F)C2=C(C(=O)CCC2)C1c1ccsc1. The number of Topliss-reactive ketones (excluding diaryl/α,β-unsaturated/α-hetero) is 1. The lowest BCUT2D eigenvalue weighted by Crippen LogP contribution is -2.39. The van der Waals surface area contributed by atoms with Gasteiger partial charge in [-0.15, -0.1) is 6.42 Å². The fourth-order valence-electron chi connectivity index (χ4n) is 3.85. The first-order valence-corrected chi connectivity index (χ1v) is 9.47. The third-order valence-corrected chi connectivity index (χ3v) is 5.69. The van der Waals surface area contributed by atoms with Gasteiger partial charge in [-0.25, -0.2) is 8.78 Å². The average Bonchev–Trinajstić information content (AvgIpc) is 3.17. The minimum atomic E-state index is -0.756. The average molecular weight is 382 g/mol. The lowest BCUT2D eigenvalue weighted by atomic mass is 9.76. The number of thiophene rings is 1. The van der Waals surface area contributed by atoms with E-state index in [-0.39, 0.29) is 17.3 Å². The highest BCUT2D eigenvalue weighted by Crippen LogP contribution is 2.47. The Morgan fingerprint density at radius 1 is 1.22 bits per heavy atom. The normalized spacial score (nSPS) is 20.0. The summed E-state index contributed by atoms with van der Waals surface area (Å²) in [5.74, 6) is 0.610. The highest BCUT2D eigenvalue weighted by atomic mass is 32.1. The van der Waals surface area contributed by atoms with Gasteiger partial charge in [0.1, 0.15) is 23.1 Å². The molecule has 3 nitrogen and oxygen atoms in total. The van der Waals surface area contributed by atoms with E-state index in [9.17, 15) is 13.6 Å². The summed E-state index contributed by atoms with van der Waals surface area (Å²) >= 11 is 1.49. The van der Waals surface area contributed by atoms with Crippen LogP contribution in [0.25, 0.3) is 0 Å². The molecule has 2 aromatic rings. The molecular formula is C21H16F2N2OS. The molecule has 0 saturated carbocycles. The molecule has 4 rings (SSSR count). The highest BCUT2D eigenvalue weighted by molar-refractivity contribution is 7.08. The Labute approximate surface area is 159 Å². The van der Waals surface area contributed by atoms with Crippen molar-refractivity contribution in [1.82, 2.24) is 0 Å². The Balaban J connectivity index is 2.02. The number of halogens is 2. The first-order chi connectivity index (χ1) is 13.0.